The van der Waals surface area contributed by atoms with Crippen molar-refractivity contribution in [3.05, 3.63) is 12.7 Å². The van der Waals surface area contributed by atoms with E-state index in [4.69, 9.17) is 15.2 Å². The first-order chi connectivity index (χ1) is 12.4. The highest BCUT2D eigenvalue weighted by atomic mass is 16.6. The first-order valence-corrected chi connectivity index (χ1v) is 8.13. The summed E-state index contributed by atoms with van der Waals surface area (Å²) in [7, 11) is 3.31. The highest BCUT2D eigenvalue weighted by Crippen LogP contribution is 2.33. The topological polar surface area (TPSA) is 149 Å². The van der Waals surface area contributed by atoms with Gasteiger partial charge in [0.15, 0.2) is 17.7 Å². The molecule has 11 heteroatoms. The number of amides is 1. The number of hydrogen-bond acceptors (Lipinski definition) is 9. The second-order valence-corrected chi connectivity index (χ2v) is 6.19. The number of imidazole rings is 1. The van der Waals surface area contributed by atoms with E-state index in [2.05, 4.69) is 15.0 Å². The molecule has 0 spiro atoms. The van der Waals surface area contributed by atoms with Gasteiger partial charge in [-0.3, -0.25) is 9.36 Å². The van der Waals surface area contributed by atoms with Crippen LogP contribution in [-0.4, -0.2) is 86.2 Å². The molecule has 26 heavy (non-hydrogen) atoms. The smallest absolute Gasteiger partial charge is 0.224 e. The van der Waals surface area contributed by atoms with Gasteiger partial charge < -0.3 is 30.3 Å². The number of hydrogen-bond donors (Lipinski definition) is 3. The van der Waals surface area contributed by atoms with Gasteiger partial charge in [-0.15, -0.1) is 0 Å². The van der Waals surface area contributed by atoms with Crippen molar-refractivity contribution in [1.82, 2.24) is 24.4 Å². The van der Waals surface area contributed by atoms with Crippen molar-refractivity contribution < 1.29 is 24.5 Å². The van der Waals surface area contributed by atoms with Gasteiger partial charge in [-0.25, -0.2) is 15.0 Å². The Morgan fingerprint density at radius 1 is 1.42 bits per heavy atom. The van der Waals surface area contributed by atoms with Gasteiger partial charge in [0.1, 0.15) is 30.2 Å². The molecule has 1 aliphatic heterocycles. The molecule has 1 aliphatic rings. The Morgan fingerprint density at radius 2 is 2.19 bits per heavy atom. The van der Waals surface area contributed by atoms with E-state index in [9.17, 15) is 15.0 Å². The third kappa shape index (κ3) is 3.33. The lowest BCUT2D eigenvalue weighted by atomic mass is 10.1. The summed E-state index contributed by atoms with van der Waals surface area (Å²) >= 11 is 0. The third-order valence-electron chi connectivity index (χ3n) is 4.28. The van der Waals surface area contributed by atoms with E-state index in [1.165, 1.54) is 17.6 Å². The molecule has 0 bridgehead atoms. The number of ether oxygens (including phenoxy) is 2. The van der Waals surface area contributed by atoms with Crippen LogP contribution in [0, 0.1) is 0 Å². The minimum atomic E-state index is -1.07. The van der Waals surface area contributed by atoms with Crippen LogP contribution in [0.4, 0.5) is 5.82 Å². The monoisotopic (exact) mass is 366 g/mol. The van der Waals surface area contributed by atoms with Crippen molar-refractivity contribution in [3.8, 4) is 0 Å². The molecular formula is C15H22N6O5. The van der Waals surface area contributed by atoms with Gasteiger partial charge in [0.25, 0.3) is 0 Å². The van der Waals surface area contributed by atoms with E-state index in [0.29, 0.717) is 11.2 Å². The first kappa shape index (κ1) is 18.5. The van der Waals surface area contributed by atoms with Crippen LogP contribution in [0.25, 0.3) is 11.2 Å². The number of aromatic nitrogens is 4. The lowest BCUT2D eigenvalue weighted by Crippen LogP contribution is -2.36. The number of nitrogens with two attached hydrogens (primary N) is 1. The summed E-state index contributed by atoms with van der Waals surface area (Å²) in [6, 6.07) is 0. The normalized spacial score (nSPS) is 25.7. The van der Waals surface area contributed by atoms with Crippen molar-refractivity contribution in [2.45, 2.75) is 31.0 Å². The van der Waals surface area contributed by atoms with Crippen LogP contribution < -0.4 is 5.73 Å². The predicted molar refractivity (Wildman–Crippen MR) is 89.8 cm³/mol. The minimum Gasteiger partial charge on any atom is -0.394 e. The van der Waals surface area contributed by atoms with Gasteiger partial charge in [-0.1, -0.05) is 0 Å². The molecule has 4 N–H and O–H groups in total. The van der Waals surface area contributed by atoms with E-state index in [1.54, 1.807) is 18.7 Å². The summed E-state index contributed by atoms with van der Waals surface area (Å²) in [6.45, 7) is -0.279. The van der Waals surface area contributed by atoms with E-state index in [0.717, 1.165) is 0 Å². The van der Waals surface area contributed by atoms with Crippen LogP contribution in [0.15, 0.2) is 12.7 Å². The van der Waals surface area contributed by atoms with Crippen LogP contribution >= 0.6 is 0 Å². The highest BCUT2D eigenvalue weighted by Gasteiger charge is 2.45. The number of anilines is 1. The Balaban J connectivity index is 1.83. The van der Waals surface area contributed by atoms with E-state index >= 15 is 0 Å². The molecule has 2 aromatic rings. The maximum absolute atomic E-state index is 11.7. The number of rotatable bonds is 6. The number of carbonyl (C=O) groups excluding carboxylic acids is 1. The van der Waals surface area contributed by atoms with Crippen LogP contribution in [0.3, 0.4) is 0 Å². The Kier molecular flexibility index (Phi) is 5.32. The number of nitrogens with zero attached hydrogens (tertiary/aromatic N) is 5. The summed E-state index contributed by atoms with van der Waals surface area (Å²) in [4.78, 5) is 25.4. The largest absolute Gasteiger partial charge is 0.394 e. The molecule has 3 rings (SSSR count). The molecule has 1 saturated heterocycles. The molecule has 3 heterocycles. The lowest BCUT2D eigenvalue weighted by Gasteiger charge is -2.22. The van der Waals surface area contributed by atoms with Gasteiger partial charge in [-0.05, 0) is 0 Å². The summed E-state index contributed by atoms with van der Waals surface area (Å²) in [5.41, 5.74) is 6.62. The van der Waals surface area contributed by atoms with Crippen LogP contribution in [0.2, 0.25) is 0 Å². The number of aliphatic hydroxyl groups excluding tert-OH is 2. The Labute approximate surface area is 149 Å². The van der Waals surface area contributed by atoms with Gasteiger partial charge in [-0.2, -0.15) is 0 Å². The molecule has 2 aromatic heterocycles. The molecule has 1 fully saturated rings. The molecule has 2 unspecified atom stereocenters. The molecule has 4 atom stereocenters. The molecule has 0 aromatic carbocycles. The van der Waals surface area contributed by atoms with Gasteiger partial charge in [0, 0.05) is 14.1 Å². The Hall–Kier alpha value is -2.34. The maximum Gasteiger partial charge on any atom is 0.224 e. The van der Waals surface area contributed by atoms with Crippen molar-refractivity contribution in [3.63, 3.8) is 0 Å². The van der Waals surface area contributed by atoms with Gasteiger partial charge in [0.05, 0.1) is 26.0 Å². The summed E-state index contributed by atoms with van der Waals surface area (Å²) in [5, 5.41) is 19.9. The fraction of sp³-hybridized carbons (Fsp3) is 0.600. The van der Waals surface area contributed by atoms with Crippen molar-refractivity contribution in [1.29, 1.82) is 0 Å². The van der Waals surface area contributed by atoms with Crippen LogP contribution in [-0.2, 0) is 14.3 Å². The van der Waals surface area contributed by atoms with Crippen LogP contribution in [0.1, 0.15) is 12.6 Å². The standard InChI is InChI=1S/C15H22N6O5/c1-20(2)9(23)3-4-25-12-11(24)8(5-22)26-15(12)21-7-19-10-13(16)17-6-18-14(10)21/h6-8,11-12,15,22,24H,3-5H2,1-2H3,(H2,16,17,18)/t8-,11?,12?,15-/m1/s1. The van der Waals surface area contributed by atoms with E-state index in [1.807, 2.05) is 0 Å². The van der Waals surface area contributed by atoms with Gasteiger partial charge >= 0.3 is 0 Å². The first-order valence-electron chi connectivity index (χ1n) is 8.13. The fourth-order valence-corrected chi connectivity index (χ4v) is 2.84. The minimum absolute atomic E-state index is 0.0951. The molecule has 1 amide bonds. The second-order valence-electron chi connectivity index (χ2n) is 6.19. The average molecular weight is 366 g/mol. The fourth-order valence-electron chi connectivity index (χ4n) is 2.84. The number of aliphatic hydroxyl groups is 2. The van der Waals surface area contributed by atoms with Crippen molar-refractivity contribution in [2.24, 2.45) is 0 Å². The Bertz CT molecular complexity index is 781. The third-order valence-corrected chi connectivity index (χ3v) is 4.28. The zero-order valence-electron chi connectivity index (χ0n) is 14.5. The second kappa shape index (κ2) is 7.50. The summed E-state index contributed by atoms with van der Waals surface area (Å²) in [5.74, 6) is 0.127. The predicted octanol–water partition coefficient (Wildman–Crippen LogP) is -1.48. The molecule has 142 valence electrons. The van der Waals surface area contributed by atoms with E-state index < -0.39 is 24.5 Å². The number of nitrogen functional groups attached to an aromatic ring is 1. The lowest BCUT2D eigenvalue weighted by molar-refractivity contribution is -0.131. The van der Waals surface area contributed by atoms with Gasteiger partial charge in [0.2, 0.25) is 5.91 Å². The molecule has 11 nitrogen and oxygen atoms in total. The Morgan fingerprint density at radius 3 is 2.88 bits per heavy atom. The molecule has 0 saturated carbocycles. The quantitative estimate of drug-likeness (QED) is 0.556. The summed E-state index contributed by atoms with van der Waals surface area (Å²) < 4.78 is 13.0. The van der Waals surface area contributed by atoms with E-state index in [-0.39, 0.29) is 31.4 Å². The van der Waals surface area contributed by atoms with Crippen LogP contribution in [0.5, 0.6) is 0 Å². The highest BCUT2D eigenvalue weighted by molar-refractivity contribution is 5.81. The SMILES string of the molecule is CN(C)C(=O)CCOC1C(O)[C@@H](CO)O[C@H]1n1cnc2c(N)ncnc21. The average Bonchev–Trinajstić information content (AvgIpc) is 3.17. The molecule has 0 aliphatic carbocycles. The zero-order chi connectivity index (χ0) is 18.8. The van der Waals surface area contributed by atoms with Crippen molar-refractivity contribution >= 4 is 22.9 Å². The maximum atomic E-state index is 11.7. The number of fused-ring (bicyclic) bond motifs is 1. The van der Waals surface area contributed by atoms with Crippen molar-refractivity contribution in [2.75, 3.05) is 33.0 Å². The molecular weight excluding hydrogens is 344 g/mol. The number of carbonyl (C=O) groups is 1. The molecule has 0 radical (unpaired) electrons. The zero-order valence-corrected chi connectivity index (χ0v) is 14.5. The summed E-state index contributed by atoms with van der Waals surface area (Å²) in [6.07, 6.45) is -0.564.